The minimum absolute atomic E-state index is 0.366. The van der Waals surface area contributed by atoms with Gasteiger partial charge in [0, 0.05) is 13.2 Å². The van der Waals surface area contributed by atoms with Crippen molar-refractivity contribution in [1.82, 2.24) is 4.90 Å². The second-order valence-electron chi connectivity index (χ2n) is 4.18. The molecule has 4 nitrogen and oxygen atoms in total. The molecule has 2 atom stereocenters. The van der Waals surface area contributed by atoms with E-state index in [0.717, 1.165) is 39.1 Å². The zero-order chi connectivity index (χ0) is 11.3. The molecule has 0 bridgehead atoms. The molecule has 1 rings (SSSR count). The molecule has 1 aliphatic heterocycles. The molecular formula is C11H21NO3. The maximum absolute atomic E-state index is 10.8. The zero-order valence-corrected chi connectivity index (χ0v) is 9.61. The van der Waals surface area contributed by atoms with Gasteiger partial charge in [-0.05, 0) is 39.2 Å². The maximum atomic E-state index is 10.8. The molecule has 0 radical (unpaired) electrons. The number of piperidine rings is 1. The van der Waals surface area contributed by atoms with Gasteiger partial charge in [-0.1, -0.05) is 0 Å². The van der Waals surface area contributed by atoms with E-state index in [2.05, 4.69) is 0 Å². The smallest absolute Gasteiger partial charge is 0.320 e. The summed E-state index contributed by atoms with van der Waals surface area (Å²) in [5, 5.41) is 8.92. The molecule has 1 fully saturated rings. The Hall–Kier alpha value is -0.610. The Morgan fingerprint density at radius 3 is 3.00 bits per heavy atom. The van der Waals surface area contributed by atoms with Crippen LogP contribution >= 0.6 is 0 Å². The van der Waals surface area contributed by atoms with Crippen LogP contribution in [-0.4, -0.2) is 48.3 Å². The van der Waals surface area contributed by atoms with Crippen LogP contribution in [0.3, 0.4) is 0 Å². The van der Waals surface area contributed by atoms with E-state index in [4.69, 9.17) is 9.84 Å². The first-order valence-corrected chi connectivity index (χ1v) is 5.69. The predicted molar refractivity (Wildman–Crippen MR) is 57.9 cm³/mol. The fourth-order valence-corrected chi connectivity index (χ4v) is 2.03. The summed E-state index contributed by atoms with van der Waals surface area (Å²) < 4.78 is 5.39. The van der Waals surface area contributed by atoms with Crippen molar-refractivity contribution in [3.05, 3.63) is 0 Å². The summed E-state index contributed by atoms with van der Waals surface area (Å²) in [6, 6.07) is -0.366. The van der Waals surface area contributed by atoms with Gasteiger partial charge in [0.05, 0.1) is 6.61 Å². The number of carbonyl (C=O) groups is 1. The molecule has 0 aliphatic carbocycles. The third-order valence-corrected chi connectivity index (χ3v) is 3.01. The molecule has 0 aromatic carbocycles. The Morgan fingerprint density at radius 2 is 2.40 bits per heavy atom. The van der Waals surface area contributed by atoms with Crippen molar-refractivity contribution in [2.24, 2.45) is 5.92 Å². The van der Waals surface area contributed by atoms with Crippen molar-refractivity contribution in [2.45, 2.75) is 32.7 Å². The third kappa shape index (κ3) is 3.80. The quantitative estimate of drug-likeness (QED) is 0.749. The lowest BCUT2D eigenvalue weighted by Gasteiger charge is -2.34. The monoisotopic (exact) mass is 215 g/mol. The van der Waals surface area contributed by atoms with Crippen LogP contribution < -0.4 is 0 Å². The van der Waals surface area contributed by atoms with Gasteiger partial charge in [0.2, 0.25) is 0 Å². The third-order valence-electron chi connectivity index (χ3n) is 3.01. The van der Waals surface area contributed by atoms with Crippen LogP contribution in [0.1, 0.15) is 26.7 Å². The summed E-state index contributed by atoms with van der Waals surface area (Å²) in [5.74, 6) is -0.229. The molecule has 1 N–H and O–H groups in total. The molecule has 0 saturated carbocycles. The lowest BCUT2D eigenvalue weighted by Crippen LogP contribution is -2.45. The average molecular weight is 215 g/mol. The highest BCUT2D eigenvalue weighted by Gasteiger charge is 2.26. The molecule has 0 spiro atoms. The highest BCUT2D eigenvalue weighted by Crippen LogP contribution is 2.18. The summed E-state index contributed by atoms with van der Waals surface area (Å²) >= 11 is 0. The van der Waals surface area contributed by atoms with E-state index in [1.165, 1.54) is 0 Å². The number of nitrogens with zero attached hydrogens (tertiary/aromatic N) is 1. The maximum Gasteiger partial charge on any atom is 0.320 e. The standard InChI is InChI=1S/C11H21NO3/c1-3-15-8-10-5-4-6-12(7-10)9(2)11(13)14/h9-10H,3-8H2,1-2H3,(H,13,14). The van der Waals surface area contributed by atoms with Crippen molar-refractivity contribution < 1.29 is 14.6 Å². The number of rotatable bonds is 5. The van der Waals surface area contributed by atoms with Crippen LogP contribution in [-0.2, 0) is 9.53 Å². The van der Waals surface area contributed by atoms with Crippen LogP contribution in [0.2, 0.25) is 0 Å². The van der Waals surface area contributed by atoms with Gasteiger partial charge in [-0.3, -0.25) is 9.69 Å². The Labute approximate surface area is 91.2 Å². The molecule has 4 heteroatoms. The fraction of sp³-hybridized carbons (Fsp3) is 0.909. The van der Waals surface area contributed by atoms with Gasteiger partial charge < -0.3 is 9.84 Å². The lowest BCUT2D eigenvalue weighted by molar-refractivity contribution is -0.143. The van der Waals surface area contributed by atoms with Crippen LogP contribution in [0.15, 0.2) is 0 Å². The number of aliphatic carboxylic acids is 1. The Bertz CT molecular complexity index is 208. The predicted octanol–water partition coefficient (Wildman–Crippen LogP) is 1.21. The molecule has 0 amide bonds. The van der Waals surface area contributed by atoms with E-state index in [1.807, 2.05) is 11.8 Å². The van der Waals surface area contributed by atoms with Crippen molar-refractivity contribution in [1.29, 1.82) is 0 Å². The van der Waals surface area contributed by atoms with Crippen LogP contribution in [0.5, 0.6) is 0 Å². The van der Waals surface area contributed by atoms with Gasteiger partial charge in [0.1, 0.15) is 6.04 Å². The van der Waals surface area contributed by atoms with Crippen LogP contribution in [0, 0.1) is 5.92 Å². The second kappa shape index (κ2) is 6.08. The first-order chi connectivity index (χ1) is 7.15. The number of ether oxygens (including phenoxy) is 1. The van der Waals surface area contributed by atoms with Gasteiger partial charge in [0.25, 0.3) is 0 Å². The van der Waals surface area contributed by atoms with Crippen LogP contribution in [0.4, 0.5) is 0 Å². The van der Waals surface area contributed by atoms with E-state index in [-0.39, 0.29) is 6.04 Å². The van der Waals surface area contributed by atoms with Gasteiger partial charge in [0.15, 0.2) is 0 Å². The summed E-state index contributed by atoms with van der Waals surface area (Å²) in [4.78, 5) is 12.9. The lowest BCUT2D eigenvalue weighted by atomic mass is 9.98. The van der Waals surface area contributed by atoms with Gasteiger partial charge in [-0.25, -0.2) is 0 Å². The minimum Gasteiger partial charge on any atom is -0.480 e. The van der Waals surface area contributed by atoms with E-state index in [1.54, 1.807) is 6.92 Å². The molecular weight excluding hydrogens is 194 g/mol. The summed E-state index contributed by atoms with van der Waals surface area (Å²) in [6.07, 6.45) is 2.23. The molecule has 0 aromatic rings. The van der Waals surface area contributed by atoms with Crippen molar-refractivity contribution in [3.63, 3.8) is 0 Å². The minimum atomic E-state index is -0.730. The van der Waals surface area contributed by atoms with Crippen molar-refractivity contribution >= 4 is 5.97 Å². The first-order valence-electron chi connectivity index (χ1n) is 5.69. The molecule has 1 aliphatic rings. The van der Waals surface area contributed by atoms with Gasteiger partial charge >= 0.3 is 5.97 Å². The van der Waals surface area contributed by atoms with Crippen LogP contribution in [0.25, 0.3) is 0 Å². The molecule has 2 unspecified atom stereocenters. The Balaban J connectivity index is 2.38. The van der Waals surface area contributed by atoms with Crippen molar-refractivity contribution in [2.75, 3.05) is 26.3 Å². The zero-order valence-electron chi connectivity index (χ0n) is 9.61. The molecule has 0 aromatic heterocycles. The highest BCUT2D eigenvalue weighted by molar-refractivity contribution is 5.72. The fourth-order valence-electron chi connectivity index (χ4n) is 2.03. The Kier molecular flexibility index (Phi) is 5.05. The number of hydrogen-bond acceptors (Lipinski definition) is 3. The normalized spacial score (nSPS) is 25.1. The summed E-state index contributed by atoms with van der Waals surface area (Å²) in [5.41, 5.74) is 0. The molecule has 1 heterocycles. The number of carboxylic acids is 1. The molecule has 88 valence electrons. The SMILES string of the molecule is CCOCC1CCCN(C(C)C(=O)O)C1. The number of likely N-dealkylation sites (tertiary alicyclic amines) is 1. The average Bonchev–Trinajstić information content (AvgIpc) is 2.25. The van der Waals surface area contributed by atoms with E-state index in [0.29, 0.717) is 5.92 Å². The summed E-state index contributed by atoms with van der Waals surface area (Å²) in [7, 11) is 0. The van der Waals surface area contributed by atoms with E-state index < -0.39 is 5.97 Å². The Morgan fingerprint density at radius 1 is 1.67 bits per heavy atom. The molecule has 1 saturated heterocycles. The van der Waals surface area contributed by atoms with Gasteiger partial charge in [-0.2, -0.15) is 0 Å². The van der Waals surface area contributed by atoms with Crippen molar-refractivity contribution in [3.8, 4) is 0 Å². The summed E-state index contributed by atoms with van der Waals surface area (Å²) in [6.45, 7) is 7.00. The highest BCUT2D eigenvalue weighted by atomic mass is 16.5. The topological polar surface area (TPSA) is 49.8 Å². The first kappa shape index (κ1) is 12.5. The molecule has 15 heavy (non-hydrogen) atoms. The second-order valence-corrected chi connectivity index (χ2v) is 4.18. The number of hydrogen-bond donors (Lipinski definition) is 1. The van der Waals surface area contributed by atoms with Gasteiger partial charge in [-0.15, -0.1) is 0 Å². The van der Waals surface area contributed by atoms with E-state index >= 15 is 0 Å². The number of carboxylic acid groups (broad SMARTS) is 1. The van der Waals surface area contributed by atoms with E-state index in [9.17, 15) is 4.79 Å². The largest absolute Gasteiger partial charge is 0.480 e.